The minimum atomic E-state index is -0.649. The van der Waals surface area contributed by atoms with Gasteiger partial charge in [0.1, 0.15) is 5.82 Å². The fourth-order valence-electron chi connectivity index (χ4n) is 1.86. The van der Waals surface area contributed by atoms with Crippen molar-refractivity contribution in [2.24, 2.45) is 0 Å². The summed E-state index contributed by atoms with van der Waals surface area (Å²) in [6.45, 7) is 6.47. The Morgan fingerprint density at radius 2 is 2.06 bits per heavy atom. The van der Waals surface area contributed by atoms with E-state index in [1.165, 1.54) is 6.07 Å². The highest BCUT2D eigenvalue weighted by molar-refractivity contribution is 5.56. The molecular weight excluding hydrogens is 217 g/mol. The zero-order valence-electron chi connectivity index (χ0n) is 11.1. The van der Waals surface area contributed by atoms with Crippen molar-refractivity contribution in [2.45, 2.75) is 39.7 Å². The summed E-state index contributed by atoms with van der Waals surface area (Å²) in [5, 5.41) is 9.70. The molecule has 0 aliphatic rings. The van der Waals surface area contributed by atoms with Crippen LogP contribution in [0.15, 0.2) is 12.1 Å². The van der Waals surface area contributed by atoms with Crippen LogP contribution in [0.1, 0.15) is 43.9 Å². The summed E-state index contributed by atoms with van der Waals surface area (Å²) in [4.78, 5) is 2.08. The van der Waals surface area contributed by atoms with Gasteiger partial charge in [-0.25, -0.2) is 4.39 Å². The Kier molecular flexibility index (Phi) is 4.94. The van der Waals surface area contributed by atoms with Crippen LogP contribution < -0.4 is 4.90 Å². The highest BCUT2D eigenvalue weighted by Gasteiger charge is 2.14. The first-order chi connectivity index (χ1) is 7.97. The Balaban J connectivity index is 3.07. The van der Waals surface area contributed by atoms with E-state index in [4.69, 9.17) is 0 Å². The maximum Gasteiger partial charge on any atom is 0.126 e. The van der Waals surface area contributed by atoms with Crippen molar-refractivity contribution in [1.29, 1.82) is 0 Å². The van der Waals surface area contributed by atoms with Gasteiger partial charge in [-0.15, -0.1) is 0 Å². The Morgan fingerprint density at radius 3 is 2.59 bits per heavy atom. The highest BCUT2D eigenvalue weighted by Crippen LogP contribution is 2.28. The number of halogens is 1. The fraction of sp³-hybridized carbons (Fsp3) is 0.571. The van der Waals surface area contributed by atoms with E-state index in [2.05, 4.69) is 11.8 Å². The molecule has 1 aromatic carbocycles. The van der Waals surface area contributed by atoms with Crippen molar-refractivity contribution in [2.75, 3.05) is 18.5 Å². The predicted octanol–water partition coefficient (Wildman–Crippen LogP) is 3.42. The fourth-order valence-corrected chi connectivity index (χ4v) is 1.86. The lowest BCUT2D eigenvalue weighted by atomic mass is 10.0. The van der Waals surface area contributed by atoms with Crippen LogP contribution in [0.3, 0.4) is 0 Å². The van der Waals surface area contributed by atoms with Gasteiger partial charge in [0.15, 0.2) is 0 Å². The first kappa shape index (κ1) is 14.0. The van der Waals surface area contributed by atoms with Crippen LogP contribution in [0.25, 0.3) is 0 Å². The topological polar surface area (TPSA) is 23.5 Å². The molecule has 0 bridgehead atoms. The van der Waals surface area contributed by atoms with Gasteiger partial charge in [-0.05, 0) is 38.0 Å². The van der Waals surface area contributed by atoms with E-state index in [9.17, 15) is 9.50 Å². The third-order valence-electron chi connectivity index (χ3n) is 3.02. The van der Waals surface area contributed by atoms with E-state index in [0.717, 1.165) is 25.1 Å². The lowest BCUT2D eigenvalue weighted by molar-refractivity contribution is 0.199. The number of rotatable bonds is 5. The molecule has 3 heteroatoms. The number of unbranched alkanes of at least 4 members (excludes halogenated alkanes) is 1. The highest BCUT2D eigenvalue weighted by atomic mass is 19.1. The molecule has 0 aliphatic heterocycles. The summed E-state index contributed by atoms with van der Waals surface area (Å²) in [5.41, 5.74) is 2.20. The standard InChI is InChI=1S/C14H22FNO/c1-5-6-7-16(4)14-8-10(2)13(15)9-12(14)11(3)17/h8-9,11,17H,5-7H2,1-4H3. The number of benzene rings is 1. The number of aliphatic hydroxyl groups excluding tert-OH is 1. The average molecular weight is 239 g/mol. The summed E-state index contributed by atoms with van der Waals surface area (Å²) < 4.78 is 13.5. The number of aliphatic hydroxyl groups is 1. The van der Waals surface area contributed by atoms with Gasteiger partial charge in [-0.3, -0.25) is 0 Å². The van der Waals surface area contributed by atoms with Crippen molar-refractivity contribution < 1.29 is 9.50 Å². The van der Waals surface area contributed by atoms with E-state index in [-0.39, 0.29) is 5.82 Å². The van der Waals surface area contributed by atoms with Gasteiger partial charge >= 0.3 is 0 Å². The second-order valence-electron chi connectivity index (χ2n) is 4.61. The second kappa shape index (κ2) is 6.01. The van der Waals surface area contributed by atoms with Crippen LogP contribution in [0, 0.1) is 12.7 Å². The summed E-state index contributed by atoms with van der Waals surface area (Å²) in [6.07, 6.45) is 1.56. The molecule has 0 saturated carbocycles. The molecule has 0 aromatic heterocycles. The Labute approximate surface area is 103 Å². The molecule has 0 radical (unpaired) electrons. The zero-order valence-corrected chi connectivity index (χ0v) is 11.1. The zero-order chi connectivity index (χ0) is 13.0. The third-order valence-corrected chi connectivity index (χ3v) is 3.02. The first-order valence-corrected chi connectivity index (χ1v) is 6.16. The molecule has 1 unspecified atom stereocenters. The monoisotopic (exact) mass is 239 g/mol. The van der Waals surface area contributed by atoms with Crippen LogP contribution in [0.4, 0.5) is 10.1 Å². The van der Waals surface area contributed by atoms with Crippen molar-refractivity contribution in [3.05, 3.63) is 29.1 Å². The maximum absolute atomic E-state index is 13.5. The van der Waals surface area contributed by atoms with Gasteiger partial charge in [0.25, 0.3) is 0 Å². The van der Waals surface area contributed by atoms with E-state index < -0.39 is 6.10 Å². The molecule has 1 N–H and O–H groups in total. The van der Waals surface area contributed by atoms with E-state index >= 15 is 0 Å². The van der Waals surface area contributed by atoms with Crippen molar-refractivity contribution >= 4 is 5.69 Å². The van der Waals surface area contributed by atoms with Crippen LogP contribution in [-0.4, -0.2) is 18.7 Å². The van der Waals surface area contributed by atoms with Crippen LogP contribution in [0.2, 0.25) is 0 Å². The molecular formula is C14H22FNO. The molecule has 0 saturated heterocycles. The molecule has 1 rings (SSSR count). The summed E-state index contributed by atoms with van der Waals surface area (Å²) in [5.74, 6) is -0.256. The van der Waals surface area contributed by atoms with Crippen LogP contribution in [0.5, 0.6) is 0 Å². The molecule has 0 fully saturated rings. The smallest absolute Gasteiger partial charge is 0.126 e. The Bertz CT molecular complexity index is 377. The van der Waals surface area contributed by atoms with E-state index in [0.29, 0.717) is 11.1 Å². The molecule has 1 aromatic rings. The maximum atomic E-state index is 13.5. The van der Waals surface area contributed by atoms with Crippen LogP contribution >= 0.6 is 0 Å². The number of aryl methyl sites for hydroxylation is 1. The van der Waals surface area contributed by atoms with Crippen molar-refractivity contribution in [3.63, 3.8) is 0 Å². The molecule has 0 aliphatic carbocycles. The molecule has 0 heterocycles. The SMILES string of the molecule is CCCCN(C)c1cc(C)c(F)cc1C(C)O. The van der Waals surface area contributed by atoms with E-state index in [1.54, 1.807) is 13.8 Å². The third kappa shape index (κ3) is 3.43. The van der Waals surface area contributed by atoms with Gasteiger partial charge in [0, 0.05) is 24.8 Å². The predicted molar refractivity (Wildman–Crippen MR) is 69.9 cm³/mol. The summed E-state index contributed by atoms with van der Waals surface area (Å²) in [6, 6.07) is 3.25. The van der Waals surface area contributed by atoms with Crippen molar-refractivity contribution in [3.8, 4) is 0 Å². The van der Waals surface area contributed by atoms with Gasteiger partial charge in [-0.1, -0.05) is 13.3 Å². The number of hydrogen-bond donors (Lipinski definition) is 1. The molecule has 0 spiro atoms. The van der Waals surface area contributed by atoms with Gasteiger partial charge in [-0.2, -0.15) is 0 Å². The van der Waals surface area contributed by atoms with Crippen LogP contribution in [-0.2, 0) is 0 Å². The summed E-state index contributed by atoms with van der Waals surface area (Å²) in [7, 11) is 1.98. The molecule has 1 atom stereocenters. The number of hydrogen-bond acceptors (Lipinski definition) is 2. The molecule has 2 nitrogen and oxygen atoms in total. The normalized spacial score (nSPS) is 12.6. The Hall–Kier alpha value is -1.09. The second-order valence-corrected chi connectivity index (χ2v) is 4.61. The quantitative estimate of drug-likeness (QED) is 0.851. The minimum absolute atomic E-state index is 0.256. The molecule has 0 amide bonds. The van der Waals surface area contributed by atoms with E-state index in [1.807, 2.05) is 13.1 Å². The average Bonchev–Trinajstić information content (AvgIpc) is 2.28. The van der Waals surface area contributed by atoms with Gasteiger partial charge in [0.05, 0.1) is 6.10 Å². The molecule has 96 valence electrons. The number of anilines is 1. The number of nitrogens with zero attached hydrogens (tertiary/aromatic N) is 1. The largest absolute Gasteiger partial charge is 0.389 e. The lowest BCUT2D eigenvalue weighted by Crippen LogP contribution is -2.20. The minimum Gasteiger partial charge on any atom is -0.389 e. The van der Waals surface area contributed by atoms with Crippen molar-refractivity contribution in [1.82, 2.24) is 0 Å². The lowest BCUT2D eigenvalue weighted by Gasteiger charge is -2.24. The molecule has 17 heavy (non-hydrogen) atoms. The first-order valence-electron chi connectivity index (χ1n) is 6.16. The Morgan fingerprint density at radius 1 is 1.41 bits per heavy atom. The summed E-state index contributed by atoms with van der Waals surface area (Å²) >= 11 is 0. The van der Waals surface area contributed by atoms with Gasteiger partial charge < -0.3 is 10.0 Å². The van der Waals surface area contributed by atoms with Gasteiger partial charge in [0.2, 0.25) is 0 Å².